The Hall–Kier alpha value is -0.410. The topological polar surface area (TPSA) is 12.0 Å². The van der Waals surface area contributed by atoms with Gasteiger partial charge in [0.05, 0.1) is 4.47 Å². The first kappa shape index (κ1) is 14.7. The number of nitrogens with one attached hydrogen (secondary N) is 1. The molecule has 3 heteroatoms. The molecule has 0 fully saturated rings. The van der Waals surface area contributed by atoms with Crippen molar-refractivity contribution in [3.63, 3.8) is 0 Å². The smallest absolute Gasteiger partial charge is 0.137 e. The molecule has 0 aliphatic rings. The summed E-state index contributed by atoms with van der Waals surface area (Å²) in [6, 6.07) is 5.78. The SMILES string of the molecule is CCCNC(CC)CCc1cccc(F)c1Br. The van der Waals surface area contributed by atoms with Crippen LogP contribution >= 0.6 is 15.9 Å². The Labute approximate surface area is 112 Å². The Kier molecular flexibility index (Phi) is 6.75. The van der Waals surface area contributed by atoms with Crippen molar-refractivity contribution in [2.24, 2.45) is 0 Å². The molecule has 96 valence electrons. The van der Waals surface area contributed by atoms with Crippen LogP contribution < -0.4 is 5.32 Å². The minimum atomic E-state index is -0.169. The predicted octanol–water partition coefficient (Wildman–Crippen LogP) is 4.30. The fourth-order valence-corrected chi connectivity index (χ4v) is 2.33. The molecule has 0 saturated carbocycles. The summed E-state index contributed by atoms with van der Waals surface area (Å²) in [5, 5.41) is 3.51. The first-order valence-electron chi connectivity index (χ1n) is 6.35. The monoisotopic (exact) mass is 301 g/mol. The van der Waals surface area contributed by atoms with Gasteiger partial charge in [0.2, 0.25) is 0 Å². The quantitative estimate of drug-likeness (QED) is 0.792. The van der Waals surface area contributed by atoms with Crippen molar-refractivity contribution in [3.05, 3.63) is 34.1 Å². The van der Waals surface area contributed by atoms with E-state index in [-0.39, 0.29) is 5.82 Å². The highest BCUT2D eigenvalue weighted by atomic mass is 79.9. The summed E-state index contributed by atoms with van der Waals surface area (Å²) < 4.78 is 13.9. The van der Waals surface area contributed by atoms with E-state index in [0.29, 0.717) is 10.5 Å². The third-order valence-corrected chi connectivity index (χ3v) is 3.86. The largest absolute Gasteiger partial charge is 0.314 e. The molecular weight excluding hydrogens is 281 g/mol. The van der Waals surface area contributed by atoms with Crippen molar-refractivity contribution in [1.82, 2.24) is 5.32 Å². The lowest BCUT2D eigenvalue weighted by molar-refractivity contribution is 0.467. The zero-order valence-corrected chi connectivity index (χ0v) is 12.2. The van der Waals surface area contributed by atoms with Crippen molar-refractivity contribution in [3.8, 4) is 0 Å². The van der Waals surface area contributed by atoms with Gasteiger partial charge < -0.3 is 5.32 Å². The maximum atomic E-state index is 13.3. The van der Waals surface area contributed by atoms with Gasteiger partial charge in [0.15, 0.2) is 0 Å². The van der Waals surface area contributed by atoms with Crippen LogP contribution in [-0.2, 0) is 6.42 Å². The van der Waals surface area contributed by atoms with Crippen LogP contribution in [0.1, 0.15) is 38.7 Å². The van der Waals surface area contributed by atoms with Crippen LogP contribution in [0.5, 0.6) is 0 Å². The second-order valence-corrected chi connectivity index (χ2v) is 5.10. The fourth-order valence-electron chi connectivity index (χ4n) is 1.87. The number of hydrogen-bond donors (Lipinski definition) is 1. The molecule has 0 aromatic heterocycles. The summed E-state index contributed by atoms with van der Waals surface area (Å²) in [5.41, 5.74) is 1.06. The van der Waals surface area contributed by atoms with Gasteiger partial charge in [-0.15, -0.1) is 0 Å². The minimum absolute atomic E-state index is 0.169. The average molecular weight is 302 g/mol. The highest BCUT2D eigenvalue weighted by Crippen LogP contribution is 2.22. The lowest BCUT2D eigenvalue weighted by atomic mass is 10.0. The van der Waals surface area contributed by atoms with Crippen LogP contribution in [0, 0.1) is 5.82 Å². The maximum absolute atomic E-state index is 13.3. The zero-order chi connectivity index (χ0) is 12.7. The van der Waals surface area contributed by atoms with Crippen molar-refractivity contribution in [2.75, 3.05) is 6.54 Å². The molecule has 1 aromatic carbocycles. The summed E-state index contributed by atoms with van der Waals surface area (Å²) in [6.07, 6.45) is 4.24. The molecule has 1 atom stereocenters. The highest BCUT2D eigenvalue weighted by Gasteiger charge is 2.09. The van der Waals surface area contributed by atoms with Gasteiger partial charge in [0.25, 0.3) is 0 Å². The molecule has 0 aliphatic carbocycles. The van der Waals surface area contributed by atoms with Crippen LogP contribution in [0.25, 0.3) is 0 Å². The van der Waals surface area contributed by atoms with E-state index in [1.165, 1.54) is 6.07 Å². The van der Waals surface area contributed by atoms with Crippen LogP contribution in [-0.4, -0.2) is 12.6 Å². The Morgan fingerprint density at radius 2 is 2.12 bits per heavy atom. The minimum Gasteiger partial charge on any atom is -0.314 e. The Balaban J connectivity index is 2.50. The Morgan fingerprint density at radius 3 is 2.76 bits per heavy atom. The van der Waals surface area contributed by atoms with E-state index in [4.69, 9.17) is 0 Å². The van der Waals surface area contributed by atoms with Gasteiger partial charge in [0, 0.05) is 6.04 Å². The van der Waals surface area contributed by atoms with Crippen molar-refractivity contribution in [2.45, 2.75) is 45.6 Å². The zero-order valence-electron chi connectivity index (χ0n) is 10.6. The normalized spacial score (nSPS) is 12.7. The Morgan fingerprint density at radius 1 is 1.35 bits per heavy atom. The summed E-state index contributed by atoms with van der Waals surface area (Å²) >= 11 is 3.31. The van der Waals surface area contributed by atoms with Crippen LogP contribution in [0.2, 0.25) is 0 Å². The van der Waals surface area contributed by atoms with Gasteiger partial charge in [0.1, 0.15) is 5.82 Å². The van der Waals surface area contributed by atoms with E-state index in [9.17, 15) is 4.39 Å². The molecule has 0 aliphatic heterocycles. The van der Waals surface area contributed by atoms with E-state index in [0.717, 1.165) is 37.8 Å². The molecule has 1 N–H and O–H groups in total. The van der Waals surface area contributed by atoms with E-state index >= 15 is 0 Å². The third-order valence-electron chi connectivity index (χ3n) is 2.97. The van der Waals surface area contributed by atoms with Gasteiger partial charge in [-0.1, -0.05) is 26.0 Å². The van der Waals surface area contributed by atoms with E-state index in [1.807, 2.05) is 6.07 Å². The lowest BCUT2D eigenvalue weighted by Gasteiger charge is -2.16. The predicted molar refractivity (Wildman–Crippen MR) is 74.8 cm³/mol. The molecule has 0 spiro atoms. The van der Waals surface area contributed by atoms with Crippen LogP contribution in [0.4, 0.5) is 4.39 Å². The van der Waals surface area contributed by atoms with E-state index < -0.39 is 0 Å². The first-order valence-corrected chi connectivity index (χ1v) is 7.14. The molecular formula is C14H21BrFN. The van der Waals surface area contributed by atoms with Crippen molar-refractivity contribution in [1.29, 1.82) is 0 Å². The number of benzene rings is 1. The molecule has 0 bridgehead atoms. The molecule has 1 nitrogen and oxygen atoms in total. The summed E-state index contributed by atoms with van der Waals surface area (Å²) in [5.74, 6) is -0.169. The third kappa shape index (κ3) is 4.76. The lowest BCUT2D eigenvalue weighted by Crippen LogP contribution is -2.29. The summed E-state index contributed by atoms with van der Waals surface area (Å²) in [4.78, 5) is 0. The summed E-state index contributed by atoms with van der Waals surface area (Å²) in [6.45, 7) is 5.42. The van der Waals surface area contributed by atoms with Crippen molar-refractivity contribution < 1.29 is 4.39 Å². The van der Waals surface area contributed by atoms with Gasteiger partial charge in [-0.25, -0.2) is 4.39 Å². The molecule has 1 unspecified atom stereocenters. The Bertz CT molecular complexity index is 341. The average Bonchev–Trinajstić information content (AvgIpc) is 2.34. The molecule has 1 aromatic rings. The fraction of sp³-hybridized carbons (Fsp3) is 0.571. The van der Waals surface area contributed by atoms with Gasteiger partial charge in [-0.05, 0) is 59.8 Å². The molecule has 1 rings (SSSR count). The van der Waals surface area contributed by atoms with Gasteiger partial charge >= 0.3 is 0 Å². The molecule has 0 radical (unpaired) electrons. The number of aryl methyl sites for hydroxylation is 1. The summed E-state index contributed by atoms with van der Waals surface area (Å²) in [7, 11) is 0. The standard InChI is InChI=1S/C14H21BrFN/c1-3-10-17-12(4-2)9-8-11-6-5-7-13(16)14(11)15/h5-7,12,17H,3-4,8-10H2,1-2H3. The molecule has 0 amide bonds. The number of rotatable bonds is 7. The molecule has 0 saturated heterocycles. The molecule has 0 heterocycles. The second-order valence-electron chi connectivity index (χ2n) is 4.31. The van der Waals surface area contributed by atoms with E-state index in [1.54, 1.807) is 6.07 Å². The maximum Gasteiger partial charge on any atom is 0.137 e. The van der Waals surface area contributed by atoms with E-state index in [2.05, 4.69) is 35.1 Å². The van der Waals surface area contributed by atoms with Crippen molar-refractivity contribution >= 4 is 15.9 Å². The second kappa shape index (κ2) is 7.83. The first-order chi connectivity index (χ1) is 8.19. The number of hydrogen-bond acceptors (Lipinski definition) is 1. The highest BCUT2D eigenvalue weighted by molar-refractivity contribution is 9.10. The van der Waals surface area contributed by atoms with Gasteiger partial charge in [-0.2, -0.15) is 0 Å². The van der Waals surface area contributed by atoms with Crippen LogP contribution in [0.3, 0.4) is 0 Å². The van der Waals surface area contributed by atoms with Crippen LogP contribution in [0.15, 0.2) is 22.7 Å². The van der Waals surface area contributed by atoms with Gasteiger partial charge in [-0.3, -0.25) is 0 Å². The number of halogens is 2. The molecule has 17 heavy (non-hydrogen) atoms.